The zero-order valence-electron chi connectivity index (χ0n) is 20.1. The molecule has 34 heavy (non-hydrogen) atoms. The van der Waals surface area contributed by atoms with Crippen molar-refractivity contribution >= 4 is 5.82 Å². The number of methoxy groups -OCH3 is 1. The summed E-state index contributed by atoms with van der Waals surface area (Å²) in [6, 6.07) is 3.82. The van der Waals surface area contributed by atoms with Crippen LogP contribution in [0.1, 0.15) is 69.2 Å². The van der Waals surface area contributed by atoms with Crippen molar-refractivity contribution < 1.29 is 17.9 Å². The van der Waals surface area contributed by atoms with Crippen LogP contribution in [0.5, 0.6) is 0 Å². The van der Waals surface area contributed by atoms with Gasteiger partial charge >= 0.3 is 6.18 Å². The number of nitrogens with two attached hydrogens (primary N) is 1. The van der Waals surface area contributed by atoms with Crippen molar-refractivity contribution in [3.05, 3.63) is 29.6 Å². The summed E-state index contributed by atoms with van der Waals surface area (Å²) in [4.78, 5) is 6.48. The zero-order valence-corrected chi connectivity index (χ0v) is 20.1. The summed E-state index contributed by atoms with van der Waals surface area (Å²) < 4.78 is 47.7. The zero-order chi connectivity index (χ0) is 24.2. The predicted molar refractivity (Wildman–Crippen MR) is 124 cm³/mol. The summed E-state index contributed by atoms with van der Waals surface area (Å²) in [5.41, 5.74) is 6.61. The van der Waals surface area contributed by atoms with Gasteiger partial charge in [-0.25, -0.2) is 4.98 Å². The first-order chi connectivity index (χ1) is 16.2. The molecule has 2 saturated carbocycles. The highest BCUT2D eigenvalue weighted by Gasteiger charge is 2.49. The summed E-state index contributed by atoms with van der Waals surface area (Å²) in [5.74, 6) is 1.15. The fourth-order valence-corrected chi connectivity index (χ4v) is 6.58. The maximum Gasteiger partial charge on any atom is 0.419 e. The number of ether oxygens (including phenoxy) is 1. The second-order valence-electron chi connectivity index (χ2n) is 10.5. The summed E-state index contributed by atoms with van der Waals surface area (Å²) in [5, 5.41) is 4.73. The number of hydrogen-bond acceptors (Lipinski definition) is 5. The maximum atomic E-state index is 13.4. The number of halogens is 3. The van der Waals surface area contributed by atoms with Crippen molar-refractivity contribution in [2.75, 3.05) is 25.9 Å². The average Bonchev–Trinajstić information content (AvgIpc) is 3.52. The minimum atomic E-state index is -4.55. The number of hydrogen-bond donors (Lipinski definition) is 1. The van der Waals surface area contributed by atoms with Crippen LogP contribution >= 0.6 is 0 Å². The van der Waals surface area contributed by atoms with Gasteiger partial charge in [-0.3, -0.25) is 9.58 Å². The van der Waals surface area contributed by atoms with Gasteiger partial charge in [0.25, 0.3) is 0 Å². The Labute approximate surface area is 198 Å². The lowest BCUT2D eigenvalue weighted by molar-refractivity contribution is -0.137. The molecular weight excluding hydrogens is 443 g/mol. The Morgan fingerprint density at radius 3 is 2.41 bits per heavy atom. The van der Waals surface area contributed by atoms with Crippen molar-refractivity contribution in [1.82, 2.24) is 19.7 Å². The number of rotatable bonds is 5. The van der Waals surface area contributed by atoms with Crippen molar-refractivity contribution in [3.63, 3.8) is 0 Å². The van der Waals surface area contributed by atoms with Crippen molar-refractivity contribution in [2.45, 2.75) is 76.2 Å². The van der Waals surface area contributed by atoms with Gasteiger partial charge in [0.2, 0.25) is 0 Å². The van der Waals surface area contributed by atoms with E-state index in [1.165, 1.54) is 19.0 Å². The molecule has 4 atom stereocenters. The van der Waals surface area contributed by atoms with Crippen molar-refractivity contribution in [2.24, 2.45) is 11.8 Å². The second-order valence-corrected chi connectivity index (χ2v) is 10.5. The number of alkyl halides is 3. The first kappa shape index (κ1) is 23.6. The van der Waals surface area contributed by atoms with E-state index in [0.717, 1.165) is 44.1 Å². The van der Waals surface area contributed by atoms with E-state index in [1.807, 2.05) is 10.7 Å². The van der Waals surface area contributed by atoms with Gasteiger partial charge < -0.3 is 10.5 Å². The molecule has 0 radical (unpaired) electrons. The van der Waals surface area contributed by atoms with Crippen LogP contribution in [0, 0.1) is 11.8 Å². The lowest BCUT2D eigenvalue weighted by atomic mass is 9.82. The topological polar surface area (TPSA) is 69.2 Å². The normalized spacial score (nSPS) is 28.3. The number of nitrogen functional groups attached to an aromatic ring is 1. The number of nitrogens with zero attached hydrogens (tertiary/aromatic N) is 4. The molecule has 6 nitrogen and oxygen atoms in total. The van der Waals surface area contributed by atoms with Gasteiger partial charge in [-0.05, 0) is 69.9 Å². The SMILES string of the molecule is COC1CCN([C@@H]2C[C@H]3CC2C[C@@H]3c2cc(-c3cnc(N)c(C(F)(F)F)c3)nn2C(C)C)CC1. The Morgan fingerprint density at radius 1 is 1.09 bits per heavy atom. The molecule has 2 aromatic rings. The highest BCUT2D eigenvalue weighted by molar-refractivity contribution is 5.63. The van der Waals surface area contributed by atoms with E-state index in [1.54, 1.807) is 7.11 Å². The number of pyridine rings is 1. The number of piperidine rings is 1. The van der Waals surface area contributed by atoms with Crippen LogP contribution in [0.15, 0.2) is 18.3 Å². The average molecular weight is 478 g/mol. The first-order valence-electron chi connectivity index (χ1n) is 12.3. The summed E-state index contributed by atoms with van der Waals surface area (Å²) in [7, 11) is 1.80. The second kappa shape index (κ2) is 8.82. The van der Waals surface area contributed by atoms with Gasteiger partial charge in [-0.2, -0.15) is 18.3 Å². The minimum absolute atomic E-state index is 0.121. The van der Waals surface area contributed by atoms with E-state index in [4.69, 9.17) is 15.6 Å². The van der Waals surface area contributed by atoms with E-state index >= 15 is 0 Å². The Kier molecular flexibility index (Phi) is 6.13. The van der Waals surface area contributed by atoms with E-state index in [0.29, 0.717) is 41.2 Å². The van der Waals surface area contributed by atoms with Gasteiger partial charge in [-0.1, -0.05) is 0 Å². The Bertz CT molecular complexity index is 1030. The third-order valence-electron chi connectivity index (χ3n) is 8.25. The molecule has 0 aromatic carbocycles. The van der Waals surface area contributed by atoms with Crippen LogP contribution in [0.2, 0.25) is 0 Å². The summed E-state index contributed by atoms with van der Waals surface area (Å²) in [6.07, 6.45) is 2.97. The van der Waals surface area contributed by atoms with Gasteiger partial charge in [0.1, 0.15) is 5.82 Å². The fourth-order valence-electron chi connectivity index (χ4n) is 6.58. The largest absolute Gasteiger partial charge is 0.419 e. The quantitative estimate of drug-likeness (QED) is 0.647. The molecule has 186 valence electrons. The lowest BCUT2D eigenvalue weighted by Crippen LogP contribution is -2.46. The third kappa shape index (κ3) is 4.21. The van der Waals surface area contributed by atoms with E-state index in [-0.39, 0.29) is 6.04 Å². The molecule has 5 rings (SSSR count). The number of likely N-dealkylation sites (tertiary alicyclic amines) is 1. The number of anilines is 1. The number of aromatic nitrogens is 3. The molecule has 2 bridgehead atoms. The summed E-state index contributed by atoms with van der Waals surface area (Å²) >= 11 is 0. The van der Waals surface area contributed by atoms with E-state index < -0.39 is 17.6 Å². The molecular formula is C25H34F3N5O. The van der Waals surface area contributed by atoms with Crippen LogP contribution in [0.4, 0.5) is 19.0 Å². The first-order valence-corrected chi connectivity index (χ1v) is 12.3. The van der Waals surface area contributed by atoms with E-state index in [2.05, 4.69) is 23.7 Å². The molecule has 1 unspecified atom stereocenters. The number of fused-ring (bicyclic) bond motifs is 2. The monoisotopic (exact) mass is 477 g/mol. The molecule has 2 N–H and O–H groups in total. The van der Waals surface area contributed by atoms with Crippen molar-refractivity contribution in [1.29, 1.82) is 0 Å². The smallest absolute Gasteiger partial charge is 0.383 e. The highest BCUT2D eigenvalue weighted by atomic mass is 19.4. The molecule has 2 aliphatic carbocycles. The van der Waals surface area contributed by atoms with Crippen LogP contribution in [0.25, 0.3) is 11.3 Å². The maximum absolute atomic E-state index is 13.4. The molecule has 1 saturated heterocycles. The van der Waals surface area contributed by atoms with Crippen molar-refractivity contribution in [3.8, 4) is 11.3 Å². The standard InChI is InChI=1S/C25H34F3N5O/c1-14(2)33-23(12-21(31-33)17-10-20(25(26,27)28)24(29)30-13-17)19-9-16-8-15(19)11-22(16)32-6-4-18(34-3)5-7-32/h10,12-16,18-19,22H,4-9,11H2,1-3H3,(H2,29,30)/t15-,16?,19+,22-/m1/s1. The fraction of sp³-hybridized carbons (Fsp3) is 0.680. The molecule has 0 amide bonds. The molecule has 0 spiro atoms. The highest BCUT2D eigenvalue weighted by Crippen LogP contribution is 2.55. The molecule has 9 heteroatoms. The third-order valence-corrected chi connectivity index (χ3v) is 8.25. The van der Waals surface area contributed by atoms with Crippen LogP contribution in [0.3, 0.4) is 0 Å². The Balaban J connectivity index is 1.37. The molecule has 1 aliphatic heterocycles. The Hall–Kier alpha value is -2.13. The van der Waals surface area contributed by atoms with Gasteiger partial charge in [0, 0.05) is 55.7 Å². The van der Waals surface area contributed by atoms with Crippen LogP contribution < -0.4 is 5.73 Å². The van der Waals surface area contributed by atoms with E-state index in [9.17, 15) is 13.2 Å². The molecule has 3 heterocycles. The Morgan fingerprint density at radius 2 is 1.82 bits per heavy atom. The van der Waals surface area contributed by atoms with Crippen LogP contribution in [-0.4, -0.2) is 52.0 Å². The lowest BCUT2D eigenvalue weighted by Gasteiger charge is -2.40. The van der Waals surface area contributed by atoms with Gasteiger partial charge in [0.15, 0.2) is 0 Å². The molecule has 3 fully saturated rings. The molecule has 2 aromatic heterocycles. The van der Waals surface area contributed by atoms with Crippen LogP contribution in [-0.2, 0) is 10.9 Å². The summed E-state index contributed by atoms with van der Waals surface area (Å²) in [6.45, 7) is 6.35. The van der Waals surface area contributed by atoms with Gasteiger partial charge in [0.05, 0.1) is 17.4 Å². The minimum Gasteiger partial charge on any atom is -0.383 e. The van der Waals surface area contributed by atoms with Gasteiger partial charge in [-0.15, -0.1) is 0 Å². The molecule has 3 aliphatic rings. The predicted octanol–water partition coefficient (Wildman–Crippen LogP) is 5.12.